The molecule has 116 valence electrons. The van der Waals surface area contributed by atoms with Crippen molar-refractivity contribution in [3.8, 4) is 0 Å². The second kappa shape index (κ2) is 5.72. The normalized spacial score (nSPS) is 14.2. The highest BCUT2D eigenvalue weighted by Gasteiger charge is 2.32. The first-order chi connectivity index (χ1) is 10.5. The Balaban J connectivity index is 1.81. The SMILES string of the molecule is CN(Cc1cc(Cl)ccc1F)C(=O)c1cn(C)nc1C1CC1. The van der Waals surface area contributed by atoms with Crippen LogP contribution in [-0.2, 0) is 13.6 Å². The van der Waals surface area contributed by atoms with Gasteiger partial charge in [-0.15, -0.1) is 0 Å². The first-order valence-electron chi connectivity index (χ1n) is 7.18. The Morgan fingerprint density at radius 2 is 2.23 bits per heavy atom. The average molecular weight is 322 g/mol. The van der Waals surface area contributed by atoms with Gasteiger partial charge in [-0.3, -0.25) is 9.48 Å². The molecule has 1 aliphatic rings. The van der Waals surface area contributed by atoms with E-state index in [0.29, 0.717) is 22.1 Å². The summed E-state index contributed by atoms with van der Waals surface area (Å²) in [7, 11) is 3.46. The molecule has 3 rings (SSSR count). The van der Waals surface area contributed by atoms with Gasteiger partial charge < -0.3 is 4.90 Å². The fourth-order valence-electron chi connectivity index (χ4n) is 2.53. The lowest BCUT2D eigenvalue weighted by Crippen LogP contribution is -2.27. The molecule has 22 heavy (non-hydrogen) atoms. The Labute approximate surface area is 133 Å². The van der Waals surface area contributed by atoms with E-state index in [1.165, 1.54) is 17.0 Å². The molecule has 6 heteroatoms. The molecule has 0 saturated heterocycles. The van der Waals surface area contributed by atoms with Crippen molar-refractivity contribution in [2.45, 2.75) is 25.3 Å². The quantitative estimate of drug-likeness (QED) is 0.866. The Bertz CT molecular complexity index is 724. The molecule has 2 aromatic rings. The van der Waals surface area contributed by atoms with Gasteiger partial charge in [0.2, 0.25) is 0 Å². The van der Waals surface area contributed by atoms with E-state index in [4.69, 9.17) is 11.6 Å². The number of aromatic nitrogens is 2. The molecule has 1 saturated carbocycles. The zero-order valence-corrected chi connectivity index (χ0v) is 13.3. The monoisotopic (exact) mass is 321 g/mol. The molecule has 1 aliphatic carbocycles. The van der Waals surface area contributed by atoms with Gasteiger partial charge in [-0.25, -0.2) is 4.39 Å². The van der Waals surface area contributed by atoms with Crippen molar-refractivity contribution in [3.05, 3.63) is 52.1 Å². The number of carbonyl (C=O) groups is 1. The number of halogens is 2. The van der Waals surface area contributed by atoms with Crippen LogP contribution in [-0.4, -0.2) is 27.6 Å². The third-order valence-corrected chi connectivity index (χ3v) is 4.05. The summed E-state index contributed by atoms with van der Waals surface area (Å²) in [5, 5.41) is 4.84. The van der Waals surface area contributed by atoms with E-state index >= 15 is 0 Å². The van der Waals surface area contributed by atoms with Gasteiger partial charge in [0.25, 0.3) is 5.91 Å². The number of aryl methyl sites for hydroxylation is 1. The van der Waals surface area contributed by atoms with Gasteiger partial charge >= 0.3 is 0 Å². The fraction of sp³-hybridized carbons (Fsp3) is 0.375. The van der Waals surface area contributed by atoms with Crippen molar-refractivity contribution >= 4 is 17.5 Å². The summed E-state index contributed by atoms with van der Waals surface area (Å²) in [5.74, 6) is -0.122. The number of nitrogens with zero attached hydrogens (tertiary/aromatic N) is 3. The molecule has 4 nitrogen and oxygen atoms in total. The molecule has 1 aromatic heterocycles. The molecule has 0 radical (unpaired) electrons. The lowest BCUT2D eigenvalue weighted by molar-refractivity contribution is 0.0782. The van der Waals surface area contributed by atoms with Crippen molar-refractivity contribution in [2.24, 2.45) is 7.05 Å². The summed E-state index contributed by atoms with van der Waals surface area (Å²) in [6.45, 7) is 0.171. The Hall–Kier alpha value is -1.88. The molecule has 0 unspecified atom stereocenters. The van der Waals surface area contributed by atoms with Crippen molar-refractivity contribution in [3.63, 3.8) is 0 Å². The first-order valence-corrected chi connectivity index (χ1v) is 7.56. The molecule has 0 N–H and O–H groups in total. The number of hydrogen-bond acceptors (Lipinski definition) is 2. The van der Waals surface area contributed by atoms with Gasteiger partial charge in [0.1, 0.15) is 5.82 Å². The minimum atomic E-state index is -0.363. The van der Waals surface area contributed by atoms with E-state index in [-0.39, 0.29) is 18.3 Å². The maximum absolute atomic E-state index is 13.8. The number of benzene rings is 1. The summed E-state index contributed by atoms with van der Waals surface area (Å²) < 4.78 is 15.5. The number of hydrogen-bond donors (Lipinski definition) is 0. The summed E-state index contributed by atoms with van der Waals surface area (Å²) in [6, 6.07) is 4.36. The van der Waals surface area contributed by atoms with Gasteiger partial charge in [-0.05, 0) is 31.0 Å². The minimum absolute atomic E-state index is 0.144. The van der Waals surface area contributed by atoms with Crippen LogP contribution >= 0.6 is 11.6 Å². The van der Waals surface area contributed by atoms with Gasteiger partial charge in [-0.1, -0.05) is 11.6 Å². The van der Waals surface area contributed by atoms with Crippen LogP contribution in [0.5, 0.6) is 0 Å². The summed E-state index contributed by atoms with van der Waals surface area (Å²) in [4.78, 5) is 14.1. The van der Waals surface area contributed by atoms with Gasteiger partial charge in [0, 0.05) is 43.3 Å². The minimum Gasteiger partial charge on any atom is -0.337 e. The lowest BCUT2D eigenvalue weighted by atomic mass is 10.1. The first kappa shape index (κ1) is 15.0. The molecule has 0 atom stereocenters. The molecular weight excluding hydrogens is 305 g/mol. The summed E-state index contributed by atoms with van der Waals surface area (Å²) >= 11 is 5.89. The van der Waals surface area contributed by atoms with E-state index < -0.39 is 0 Å². The maximum Gasteiger partial charge on any atom is 0.257 e. The molecule has 0 bridgehead atoms. The van der Waals surface area contributed by atoms with E-state index in [0.717, 1.165) is 18.5 Å². The van der Waals surface area contributed by atoms with Crippen LogP contribution in [0.3, 0.4) is 0 Å². The van der Waals surface area contributed by atoms with Crippen LogP contribution in [0.1, 0.15) is 40.4 Å². The van der Waals surface area contributed by atoms with Crippen LogP contribution in [0.15, 0.2) is 24.4 Å². The van der Waals surface area contributed by atoms with Crippen molar-refractivity contribution in [1.82, 2.24) is 14.7 Å². The predicted octanol–water partition coefficient (Wildman–Crippen LogP) is 3.36. The highest BCUT2D eigenvalue weighted by Crippen LogP contribution is 2.40. The Morgan fingerprint density at radius 3 is 2.91 bits per heavy atom. The van der Waals surface area contributed by atoms with Gasteiger partial charge in [0.05, 0.1) is 11.3 Å². The van der Waals surface area contributed by atoms with E-state index in [1.807, 2.05) is 0 Å². The largest absolute Gasteiger partial charge is 0.337 e. The third-order valence-electron chi connectivity index (χ3n) is 3.81. The highest BCUT2D eigenvalue weighted by atomic mass is 35.5. The smallest absolute Gasteiger partial charge is 0.257 e. The third kappa shape index (κ3) is 2.99. The topological polar surface area (TPSA) is 38.1 Å². The van der Waals surface area contributed by atoms with Gasteiger partial charge in [0.15, 0.2) is 0 Å². The fourth-order valence-corrected chi connectivity index (χ4v) is 2.72. The number of amides is 1. The van der Waals surface area contributed by atoms with E-state index in [2.05, 4.69) is 5.10 Å². The maximum atomic E-state index is 13.8. The van der Waals surface area contributed by atoms with Crippen molar-refractivity contribution in [1.29, 1.82) is 0 Å². The molecule has 1 heterocycles. The number of rotatable bonds is 4. The van der Waals surface area contributed by atoms with Crippen LogP contribution in [0.25, 0.3) is 0 Å². The van der Waals surface area contributed by atoms with Crippen LogP contribution < -0.4 is 0 Å². The molecular formula is C16H17ClFN3O. The van der Waals surface area contributed by atoms with E-state index in [1.54, 1.807) is 31.0 Å². The second-order valence-corrected chi connectivity index (χ2v) is 6.21. The van der Waals surface area contributed by atoms with Crippen LogP contribution in [0.4, 0.5) is 4.39 Å². The zero-order chi connectivity index (χ0) is 15.9. The second-order valence-electron chi connectivity index (χ2n) is 5.77. The molecule has 1 amide bonds. The molecule has 1 aromatic carbocycles. The zero-order valence-electron chi connectivity index (χ0n) is 12.5. The molecule has 0 aliphatic heterocycles. The van der Waals surface area contributed by atoms with E-state index in [9.17, 15) is 9.18 Å². The molecule has 0 spiro atoms. The summed E-state index contributed by atoms with van der Waals surface area (Å²) in [5.41, 5.74) is 1.86. The standard InChI is InChI=1S/C16H17ClFN3O/c1-20(8-11-7-12(17)5-6-14(11)18)16(22)13-9-21(2)19-15(13)10-3-4-10/h5-7,9-10H,3-4,8H2,1-2H3. The van der Waals surface area contributed by atoms with Crippen LogP contribution in [0, 0.1) is 5.82 Å². The molecule has 1 fully saturated rings. The number of carbonyl (C=O) groups excluding carboxylic acids is 1. The highest BCUT2D eigenvalue weighted by molar-refractivity contribution is 6.30. The van der Waals surface area contributed by atoms with Crippen molar-refractivity contribution in [2.75, 3.05) is 7.05 Å². The Kier molecular flexibility index (Phi) is 3.91. The van der Waals surface area contributed by atoms with Gasteiger partial charge in [-0.2, -0.15) is 5.10 Å². The lowest BCUT2D eigenvalue weighted by Gasteiger charge is -2.17. The van der Waals surface area contributed by atoms with Crippen molar-refractivity contribution < 1.29 is 9.18 Å². The predicted molar refractivity (Wildman–Crippen MR) is 82.4 cm³/mol. The van der Waals surface area contributed by atoms with Crippen LogP contribution in [0.2, 0.25) is 5.02 Å². The summed E-state index contributed by atoms with van der Waals surface area (Å²) in [6.07, 6.45) is 3.88. The average Bonchev–Trinajstić information content (AvgIpc) is 3.24. The Morgan fingerprint density at radius 1 is 1.50 bits per heavy atom.